The SMILES string of the molecule is COc1ccccc1CC(CNC(=O)CSCc1cccc(C)c1)C(=O)O. The van der Waals surface area contributed by atoms with Gasteiger partial charge in [-0.05, 0) is 30.5 Å². The van der Waals surface area contributed by atoms with Crippen molar-refractivity contribution in [2.75, 3.05) is 19.4 Å². The Labute approximate surface area is 164 Å². The highest BCUT2D eigenvalue weighted by Crippen LogP contribution is 2.21. The third kappa shape index (κ3) is 6.98. The van der Waals surface area contributed by atoms with Crippen molar-refractivity contribution in [1.29, 1.82) is 0 Å². The molecule has 1 amide bonds. The van der Waals surface area contributed by atoms with Gasteiger partial charge in [-0.25, -0.2) is 0 Å². The molecule has 0 bridgehead atoms. The van der Waals surface area contributed by atoms with Crippen LogP contribution in [0.25, 0.3) is 0 Å². The number of thioether (sulfide) groups is 1. The number of methoxy groups -OCH3 is 1. The van der Waals surface area contributed by atoms with Crippen LogP contribution in [-0.4, -0.2) is 36.4 Å². The van der Waals surface area contributed by atoms with Crippen LogP contribution >= 0.6 is 11.8 Å². The number of carbonyl (C=O) groups is 2. The van der Waals surface area contributed by atoms with Gasteiger partial charge in [-0.15, -0.1) is 11.8 Å². The zero-order valence-corrected chi connectivity index (χ0v) is 16.4. The van der Waals surface area contributed by atoms with E-state index in [4.69, 9.17) is 4.74 Å². The largest absolute Gasteiger partial charge is 0.496 e. The Kier molecular flexibility index (Phi) is 8.20. The molecule has 5 nitrogen and oxygen atoms in total. The second kappa shape index (κ2) is 10.6. The van der Waals surface area contributed by atoms with E-state index in [0.717, 1.165) is 11.3 Å². The Morgan fingerprint density at radius 3 is 2.67 bits per heavy atom. The second-order valence-electron chi connectivity index (χ2n) is 6.34. The van der Waals surface area contributed by atoms with E-state index in [1.165, 1.54) is 22.9 Å². The van der Waals surface area contributed by atoms with Gasteiger partial charge in [-0.3, -0.25) is 9.59 Å². The number of hydrogen-bond acceptors (Lipinski definition) is 4. The van der Waals surface area contributed by atoms with Crippen LogP contribution in [0.3, 0.4) is 0 Å². The van der Waals surface area contributed by atoms with Crippen LogP contribution < -0.4 is 10.1 Å². The maximum atomic E-state index is 12.1. The van der Waals surface area contributed by atoms with E-state index >= 15 is 0 Å². The molecule has 27 heavy (non-hydrogen) atoms. The number of carboxylic acids is 1. The van der Waals surface area contributed by atoms with Gasteiger partial charge in [0, 0.05) is 12.3 Å². The summed E-state index contributed by atoms with van der Waals surface area (Å²) in [5, 5.41) is 12.2. The number of aryl methyl sites for hydroxylation is 1. The minimum Gasteiger partial charge on any atom is -0.496 e. The summed E-state index contributed by atoms with van der Waals surface area (Å²) in [4.78, 5) is 23.6. The van der Waals surface area contributed by atoms with Crippen molar-refractivity contribution >= 4 is 23.6 Å². The Morgan fingerprint density at radius 2 is 1.96 bits per heavy atom. The lowest BCUT2D eigenvalue weighted by Crippen LogP contribution is -2.35. The number of amides is 1. The molecule has 2 rings (SSSR count). The Hall–Kier alpha value is -2.47. The molecule has 1 atom stereocenters. The number of aliphatic carboxylic acids is 1. The first-order valence-electron chi connectivity index (χ1n) is 8.74. The lowest BCUT2D eigenvalue weighted by molar-refractivity contribution is -0.141. The molecule has 0 heterocycles. The molecule has 2 aromatic carbocycles. The molecule has 2 aromatic rings. The lowest BCUT2D eigenvalue weighted by Gasteiger charge is -2.15. The van der Waals surface area contributed by atoms with Crippen molar-refractivity contribution in [2.45, 2.75) is 19.1 Å². The van der Waals surface area contributed by atoms with Gasteiger partial charge >= 0.3 is 5.97 Å². The standard InChI is InChI=1S/C21H25NO4S/c1-15-6-5-7-16(10-15)13-27-14-20(23)22-12-18(21(24)25)11-17-8-3-4-9-19(17)26-2/h3-10,18H,11-14H2,1-2H3,(H,22,23)(H,24,25). The van der Waals surface area contributed by atoms with Crippen LogP contribution in [0.4, 0.5) is 0 Å². The highest BCUT2D eigenvalue weighted by molar-refractivity contribution is 7.99. The predicted octanol–water partition coefficient (Wildman–Crippen LogP) is 3.30. The molecule has 0 saturated carbocycles. The predicted molar refractivity (Wildman–Crippen MR) is 108 cm³/mol. The summed E-state index contributed by atoms with van der Waals surface area (Å²) in [6.45, 7) is 2.13. The van der Waals surface area contributed by atoms with Crippen molar-refractivity contribution in [3.05, 3.63) is 65.2 Å². The zero-order valence-electron chi connectivity index (χ0n) is 15.6. The van der Waals surface area contributed by atoms with Crippen molar-refractivity contribution in [2.24, 2.45) is 5.92 Å². The summed E-state index contributed by atoms with van der Waals surface area (Å²) in [5.41, 5.74) is 3.18. The first kappa shape index (κ1) is 20.8. The van der Waals surface area contributed by atoms with Gasteiger partial charge in [0.05, 0.1) is 18.8 Å². The number of nitrogens with one attached hydrogen (secondary N) is 1. The fourth-order valence-corrected chi connectivity index (χ4v) is 3.54. The third-order valence-corrected chi connectivity index (χ3v) is 5.14. The molecule has 0 aliphatic heterocycles. The van der Waals surface area contributed by atoms with E-state index < -0.39 is 11.9 Å². The first-order chi connectivity index (χ1) is 13.0. The third-order valence-electron chi connectivity index (χ3n) is 4.14. The molecule has 0 saturated heterocycles. The van der Waals surface area contributed by atoms with Crippen LogP contribution in [0.15, 0.2) is 48.5 Å². The lowest BCUT2D eigenvalue weighted by atomic mass is 9.98. The van der Waals surface area contributed by atoms with Crippen LogP contribution in [0.5, 0.6) is 5.75 Å². The summed E-state index contributed by atoms with van der Waals surface area (Å²) in [5.74, 6) is -0.0866. The molecule has 6 heteroatoms. The van der Waals surface area contributed by atoms with E-state index in [2.05, 4.69) is 11.4 Å². The van der Waals surface area contributed by atoms with Gasteiger partial charge < -0.3 is 15.2 Å². The molecule has 0 aliphatic rings. The molecule has 0 aliphatic carbocycles. The van der Waals surface area contributed by atoms with Crippen LogP contribution in [0.2, 0.25) is 0 Å². The van der Waals surface area contributed by atoms with Crippen molar-refractivity contribution < 1.29 is 19.4 Å². The van der Waals surface area contributed by atoms with Gasteiger partial charge in [0.1, 0.15) is 5.75 Å². The van der Waals surface area contributed by atoms with Crippen molar-refractivity contribution in [3.8, 4) is 5.75 Å². The fourth-order valence-electron chi connectivity index (χ4n) is 2.74. The average molecular weight is 388 g/mol. The molecule has 0 spiro atoms. The van der Waals surface area contributed by atoms with Crippen LogP contribution in [0.1, 0.15) is 16.7 Å². The Balaban J connectivity index is 1.81. The van der Waals surface area contributed by atoms with Gasteiger partial charge in [0.2, 0.25) is 5.91 Å². The van der Waals surface area contributed by atoms with Gasteiger partial charge in [0.25, 0.3) is 0 Å². The summed E-state index contributed by atoms with van der Waals surface area (Å²) in [6.07, 6.45) is 0.302. The minimum atomic E-state index is -0.936. The first-order valence-corrected chi connectivity index (χ1v) is 9.89. The zero-order chi connectivity index (χ0) is 19.6. The number of para-hydroxylation sites is 1. The monoisotopic (exact) mass is 387 g/mol. The highest BCUT2D eigenvalue weighted by atomic mass is 32.2. The smallest absolute Gasteiger partial charge is 0.308 e. The average Bonchev–Trinajstić information content (AvgIpc) is 2.65. The molecule has 0 radical (unpaired) electrons. The topological polar surface area (TPSA) is 75.6 Å². The molecule has 0 fully saturated rings. The van der Waals surface area contributed by atoms with Gasteiger partial charge in [0.15, 0.2) is 0 Å². The number of carboxylic acid groups (broad SMARTS) is 1. The van der Waals surface area contributed by atoms with E-state index in [-0.39, 0.29) is 12.5 Å². The van der Waals surface area contributed by atoms with E-state index in [1.807, 2.05) is 43.3 Å². The van der Waals surface area contributed by atoms with Gasteiger partial charge in [-0.1, -0.05) is 48.0 Å². The second-order valence-corrected chi connectivity index (χ2v) is 7.32. The quantitative estimate of drug-likeness (QED) is 0.654. The maximum absolute atomic E-state index is 12.1. The van der Waals surface area contributed by atoms with Crippen LogP contribution in [0, 0.1) is 12.8 Å². The number of hydrogen-bond donors (Lipinski definition) is 2. The summed E-state index contributed by atoms with van der Waals surface area (Å²) < 4.78 is 5.27. The van der Waals surface area contributed by atoms with E-state index in [0.29, 0.717) is 17.9 Å². The molecule has 0 aromatic heterocycles. The van der Waals surface area contributed by atoms with Crippen molar-refractivity contribution in [1.82, 2.24) is 5.32 Å². The summed E-state index contributed by atoms with van der Waals surface area (Å²) in [6, 6.07) is 15.5. The van der Waals surface area contributed by atoms with Gasteiger partial charge in [-0.2, -0.15) is 0 Å². The minimum absolute atomic E-state index is 0.0945. The fraction of sp³-hybridized carbons (Fsp3) is 0.333. The van der Waals surface area contributed by atoms with E-state index in [9.17, 15) is 14.7 Å². The molecular formula is C21H25NO4S. The maximum Gasteiger partial charge on any atom is 0.308 e. The molecule has 144 valence electrons. The number of ether oxygens (including phenoxy) is 1. The summed E-state index contributed by atoms with van der Waals surface area (Å²) in [7, 11) is 1.56. The Morgan fingerprint density at radius 1 is 1.19 bits per heavy atom. The molecular weight excluding hydrogens is 362 g/mol. The van der Waals surface area contributed by atoms with Crippen molar-refractivity contribution in [3.63, 3.8) is 0 Å². The number of benzene rings is 2. The number of rotatable bonds is 10. The van der Waals surface area contributed by atoms with E-state index in [1.54, 1.807) is 13.2 Å². The molecule has 1 unspecified atom stereocenters. The number of carbonyl (C=O) groups excluding carboxylic acids is 1. The highest BCUT2D eigenvalue weighted by Gasteiger charge is 2.20. The Bertz CT molecular complexity index is 778. The van der Waals surface area contributed by atoms with Crippen LogP contribution in [-0.2, 0) is 21.8 Å². The molecule has 2 N–H and O–H groups in total. The summed E-state index contributed by atoms with van der Waals surface area (Å²) >= 11 is 1.51. The normalized spacial score (nSPS) is 11.6.